The fourth-order valence-corrected chi connectivity index (χ4v) is 0.545. The van der Waals surface area contributed by atoms with Gasteiger partial charge in [-0.25, -0.2) is 0 Å². The minimum Gasteiger partial charge on any atom is -0.395 e. The first kappa shape index (κ1) is 9.92. The Morgan fingerprint density at radius 3 is 2.20 bits per heavy atom. The van der Waals surface area contributed by atoms with Gasteiger partial charge in [-0.05, 0) is 12.3 Å². The van der Waals surface area contributed by atoms with Crippen LogP contribution in [-0.4, -0.2) is 24.3 Å². The molecule has 0 amide bonds. The van der Waals surface area contributed by atoms with E-state index < -0.39 is 0 Å². The summed E-state index contributed by atoms with van der Waals surface area (Å²) in [7, 11) is 0. The normalized spacial score (nSPS) is 15.3. The minimum atomic E-state index is 0.218. The standard InChI is InChI=1S/C8H19NO/c1-7(5-10)9-6-8(2,3)4/h7,9-10H,5-6H2,1-4H3/t7-/m0/s1. The van der Waals surface area contributed by atoms with Crippen LogP contribution in [0, 0.1) is 5.41 Å². The van der Waals surface area contributed by atoms with Crippen molar-refractivity contribution in [1.29, 1.82) is 0 Å². The number of hydrogen-bond acceptors (Lipinski definition) is 2. The first-order chi connectivity index (χ1) is 4.45. The van der Waals surface area contributed by atoms with E-state index >= 15 is 0 Å². The summed E-state index contributed by atoms with van der Waals surface area (Å²) < 4.78 is 0. The lowest BCUT2D eigenvalue weighted by molar-refractivity contribution is 0.237. The molecule has 0 bridgehead atoms. The molecular weight excluding hydrogens is 126 g/mol. The van der Waals surface area contributed by atoms with Crippen molar-refractivity contribution in [2.75, 3.05) is 13.2 Å². The maximum atomic E-state index is 8.67. The van der Waals surface area contributed by atoms with Crippen molar-refractivity contribution in [1.82, 2.24) is 5.32 Å². The van der Waals surface area contributed by atoms with Gasteiger partial charge < -0.3 is 10.4 Å². The van der Waals surface area contributed by atoms with Crippen LogP contribution in [0.4, 0.5) is 0 Å². The van der Waals surface area contributed by atoms with Gasteiger partial charge in [0.1, 0.15) is 0 Å². The lowest BCUT2D eigenvalue weighted by atomic mass is 9.97. The molecule has 0 rings (SSSR count). The van der Waals surface area contributed by atoms with Crippen LogP contribution in [0.1, 0.15) is 27.7 Å². The van der Waals surface area contributed by atoms with E-state index in [9.17, 15) is 0 Å². The van der Waals surface area contributed by atoms with Gasteiger partial charge in [0.15, 0.2) is 0 Å². The number of aliphatic hydroxyl groups is 1. The first-order valence-corrected chi connectivity index (χ1v) is 3.80. The molecule has 0 fully saturated rings. The molecule has 0 saturated heterocycles. The highest BCUT2D eigenvalue weighted by molar-refractivity contribution is 4.67. The third kappa shape index (κ3) is 6.05. The fourth-order valence-electron chi connectivity index (χ4n) is 0.545. The summed E-state index contributed by atoms with van der Waals surface area (Å²) in [4.78, 5) is 0. The van der Waals surface area contributed by atoms with Gasteiger partial charge in [0.05, 0.1) is 6.61 Å². The van der Waals surface area contributed by atoms with Crippen LogP contribution in [0.5, 0.6) is 0 Å². The van der Waals surface area contributed by atoms with Gasteiger partial charge >= 0.3 is 0 Å². The molecule has 2 nitrogen and oxygen atoms in total. The maximum absolute atomic E-state index is 8.67. The maximum Gasteiger partial charge on any atom is 0.0581 e. The van der Waals surface area contributed by atoms with Gasteiger partial charge in [0.25, 0.3) is 0 Å². The van der Waals surface area contributed by atoms with Gasteiger partial charge in [-0.15, -0.1) is 0 Å². The molecule has 0 aliphatic rings. The zero-order valence-electron chi connectivity index (χ0n) is 7.44. The van der Waals surface area contributed by atoms with E-state index in [1.807, 2.05) is 6.92 Å². The smallest absolute Gasteiger partial charge is 0.0581 e. The highest BCUT2D eigenvalue weighted by Gasteiger charge is 2.10. The minimum absolute atomic E-state index is 0.218. The summed E-state index contributed by atoms with van der Waals surface area (Å²) in [6.07, 6.45) is 0. The summed E-state index contributed by atoms with van der Waals surface area (Å²) in [6, 6.07) is 0.222. The third-order valence-electron chi connectivity index (χ3n) is 1.25. The molecular formula is C8H19NO. The van der Waals surface area contributed by atoms with Crippen molar-refractivity contribution < 1.29 is 5.11 Å². The first-order valence-electron chi connectivity index (χ1n) is 3.80. The molecule has 0 saturated carbocycles. The summed E-state index contributed by atoms with van der Waals surface area (Å²) in [6.45, 7) is 9.66. The van der Waals surface area contributed by atoms with E-state index in [0.29, 0.717) is 5.41 Å². The topological polar surface area (TPSA) is 32.3 Å². The Labute approximate surface area is 63.6 Å². The molecule has 62 valence electrons. The molecule has 0 heterocycles. The highest BCUT2D eigenvalue weighted by atomic mass is 16.3. The average Bonchev–Trinajstić information content (AvgIpc) is 1.81. The van der Waals surface area contributed by atoms with E-state index in [1.165, 1.54) is 0 Å². The second-order valence-electron chi connectivity index (χ2n) is 4.03. The molecule has 0 radical (unpaired) electrons. The number of hydrogen-bond donors (Lipinski definition) is 2. The Hall–Kier alpha value is -0.0800. The largest absolute Gasteiger partial charge is 0.395 e. The Bertz CT molecular complexity index is 85.7. The summed E-state index contributed by atoms with van der Waals surface area (Å²) in [5.74, 6) is 0. The van der Waals surface area contributed by atoms with Crippen molar-refractivity contribution in [3.63, 3.8) is 0 Å². The van der Waals surface area contributed by atoms with Crippen LogP contribution < -0.4 is 5.32 Å². The molecule has 0 aromatic rings. The van der Waals surface area contributed by atoms with Gasteiger partial charge in [-0.2, -0.15) is 0 Å². The Kier molecular flexibility index (Phi) is 3.91. The zero-order valence-corrected chi connectivity index (χ0v) is 7.44. The summed E-state index contributed by atoms with van der Waals surface area (Å²) >= 11 is 0. The molecule has 0 aromatic heterocycles. The van der Waals surface area contributed by atoms with E-state index in [0.717, 1.165) is 6.54 Å². The fraction of sp³-hybridized carbons (Fsp3) is 1.00. The van der Waals surface area contributed by atoms with Crippen molar-refractivity contribution in [2.45, 2.75) is 33.7 Å². The predicted octanol–water partition coefficient (Wildman–Crippen LogP) is 1.00. The van der Waals surface area contributed by atoms with Gasteiger partial charge in [0, 0.05) is 12.6 Å². The van der Waals surface area contributed by atoms with Crippen LogP contribution in [0.15, 0.2) is 0 Å². The van der Waals surface area contributed by atoms with Gasteiger partial charge in [-0.3, -0.25) is 0 Å². The van der Waals surface area contributed by atoms with E-state index in [2.05, 4.69) is 26.1 Å². The zero-order chi connectivity index (χ0) is 8.20. The lowest BCUT2D eigenvalue weighted by Crippen LogP contribution is -2.35. The Morgan fingerprint density at radius 2 is 1.90 bits per heavy atom. The van der Waals surface area contributed by atoms with Gasteiger partial charge in [0.2, 0.25) is 0 Å². The van der Waals surface area contributed by atoms with E-state index in [-0.39, 0.29) is 12.6 Å². The summed E-state index contributed by atoms with van der Waals surface area (Å²) in [5, 5.41) is 11.9. The third-order valence-corrected chi connectivity index (χ3v) is 1.25. The SMILES string of the molecule is C[C@@H](CO)NCC(C)(C)C. The van der Waals surface area contributed by atoms with E-state index in [1.54, 1.807) is 0 Å². The molecule has 0 unspecified atom stereocenters. The van der Waals surface area contributed by atoms with Crippen LogP contribution in [0.2, 0.25) is 0 Å². The molecule has 0 aliphatic heterocycles. The van der Waals surface area contributed by atoms with Crippen LogP contribution >= 0.6 is 0 Å². The van der Waals surface area contributed by atoms with Crippen LogP contribution in [0.25, 0.3) is 0 Å². The average molecular weight is 145 g/mol. The van der Waals surface area contributed by atoms with E-state index in [4.69, 9.17) is 5.11 Å². The molecule has 2 heteroatoms. The van der Waals surface area contributed by atoms with Crippen molar-refractivity contribution >= 4 is 0 Å². The molecule has 2 N–H and O–H groups in total. The Morgan fingerprint density at radius 1 is 1.40 bits per heavy atom. The Balaban J connectivity index is 3.36. The second kappa shape index (κ2) is 3.94. The van der Waals surface area contributed by atoms with Gasteiger partial charge in [-0.1, -0.05) is 20.8 Å². The number of aliphatic hydroxyl groups excluding tert-OH is 1. The number of nitrogens with one attached hydrogen (secondary N) is 1. The molecule has 0 aromatic carbocycles. The molecule has 0 aliphatic carbocycles. The molecule has 10 heavy (non-hydrogen) atoms. The molecule has 1 atom stereocenters. The van der Waals surface area contributed by atoms with Crippen molar-refractivity contribution in [2.24, 2.45) is 5.41 Å². The predicted molar refractivity (Wildman–Crippen MR) is 44.0 cm³/mol. The monoisotopic (exact) mass is 145 g/mol. The summed E-state index contributed by atoms with van der Waals surface area (Å²) in [5.41, 5.74) is 0.309. The number of rotatable bonds is 3. The lowest BCUT2D eigenvalue weighted by Gasteiger charge is -2.21. The van der Waals surface area contributed by atoms with Crippen molar-refractivity contribution in [3.05, 3.63) is 0 Å². The second-order valence-corrected chi connectivity index (χ2v) is 4.03. The molecule has 0 spiro atoms. The van der Waals surface area contributed by atoms with Crippen LogP contribution in [-0.2, 0) is 0 Å². The highest BCUT2D eigenvalue weighted by Crippen LogP contribution is 2.10. The van der Waals surface area contributed by atoms with Crippen LogP contribution in [0.3, 0.4) is 0 Å². The quantitative estimate of drug-likeness (QED) is 0.621. The van der Waals surface area contributed by atoms with Crippen molar-refractivity contribution in [3.8, 4) is 0 Å².